The fraction of sp³-hybridized carbons (Fsp3) is 0.393. The van der Waals surface area contributed by atoms with Crippen LogP contribution in [0, 0.1) is 0 Å². The van der Waals surface area contributed by atoms with Crippen molar-refractivity contribution in [1.29, 1.82) is 0 Å². The van der Waals surface area contributed by atoms with E-state index in [1.165, 1.54) is 37.7 Å². The van der Waals surface area contributed by atoms with Crippen molar-refractivity contribution in [1.82, 2.24) is 5.32 Å². The number of hydrogen-bond acceptors (Lipinski definition) is 1. The molecule has 4 heteroatoms. The first-order valence-electron chi connectivity index (χ1n) is 11.7. The molecule has 0 spiro atoms. The smallest absolute Gasteiger partial charge is 0.244 e. The highest BCUT2D eigenvalue weighted by Crippen LogP contribution is 2.27. The summed E-state index contributed by atoms with van der Waals surface area (Å²) in [6.45, 7) is 6.74. The van der Waals surface area contributed by atoms with Crippen molar-refractivity contribution in [2.45, 2.75) is 51.1 Å². The molecule has 2 aromatic rings. The highest BCUT2D eigenvalue weighted by atomic mass is 79.9. The van der Waals surface area contributed by atoms with Crippen LogP contribution in [0.4, 0.5) is 0 Å². The van der Waals surface area contributed by atoms with E-state index in [-0.39, 0.29) is 5.91 Å². The first-order chi connectivity index (χ1) is 15.5. The van der Waals surface area contributed by atoms with E-state index in [9.17, 15) is 4.79 Å². The number of likely N-dealkylation sites (N-methyl/N-ethyl adjacent to an activating group) is 1. The van der Waals surface area contributed by atoms with Crippen molar-refractivity contribution < 1.29 is 9.28 Å². The molecule has 3 rings (SSSR count). The third kappa shape index (κ3) is 7.46. The summed E-state index contributed by atoms with van der Waals surface area (Å²) in [6, 6.07) is 17.3. The molecule has 0 bridgehead atoms. The number of halogens is 1. The number of nitrogens with one attached hydrogen (secondary N) is 1. The number of hydrogen-bond donors (Lipinski definition) is 1. The molecule has 1 saturated carbocycles. The van der Waals surface area contributed by atoms with Crippen LogP contribution >= 0.6 is 15.9 Å². The number of carbonyl (C=O) groups is 1. The minimum Gasteiger partial charge on any atom is -0.348 e. The first kappa shape index (κ1) is 24.5. The van der Waals surface area contributed by atoms with Gasteiger partial charge < -0.3 is 9.80 Å². The largest absolute Gasteiger partial charge is 0.348 e. The van der Waals surface area contributed by atoms with Crippen LogP contribution in [0.15, 0.2) is 71.7 Å². The number of carbonyl (C=O) groups excluding carboxylic acids is 1. The predicted molar refractivity (Wildman–Crippen MR) is 138 cm³/mol. The van der Waals surface area contributed by atoms with Gasteiger partial charge in [-0.15, -0.1) is 0 Å². The summed E-state index contributed by atoms with van der Waals surface area (Å²) in [5.74, 6) is -0.0842. The maximum atomic E-state index is 12.1. The molecule has 170 valence electrons. The highest BCUT2D eigenvalue weighted by Gasteiger charge is 2.32. The van der Waals surface area contributed by atoms with Crippen LogP contribution in [0.25, 0.3) is 6.08 Å². The van der Waals surface area contributed by atoms with Gasteiger partial charge in [-0.1, -0.05) is 65.3 Å². The molecule has 0 saturated heterocycles. The SMILES string of the molecule is C=CC[N+](C)(CCc1ccc(CNC(=O)C=Cc2cccc(Br)c2)cc1)C1CCCCC1. The maximum Gasteiger partial charge on any atom is 0.244 e. The molecular formula is C28H36BrN2O+. The van der Waals surface area contributed by atoms with Crippen LogP contribution in [-0.2, 0) is 17.8 Å². The van der Waals surface area contributed by atoms with Gasteiger partial charge in [-0.25, -0.2) is 0 Å². The van der Waals surface area contributed by atoms with Gasteiger partial charge in [-0.3, -0.25) is 4.79 Å². The summed E-state index contributed by atoms with van der Waals surface area (Å²) in [4.78, 5) is 12.1. The Hall–Kier alpha value is -2.17. The first-order valence-corrected chi connectivity index (χ1v) is 12.5. The van der Waals surface area contributed by atoms with Crippen LogP contribution < -0.4 is 5.32 Å². The minimum absolute atomic E-state index is 0.0842. The number of amides is 1. The molecule has 0 heterocycles. The van der Waals surface area contributed by atoms with E-state index in [1.54, 1.807) is 6.08 Å². The third-order valence-electron chi connectivity index (χ3n) is 6.68. The van der Waals surface area contributed by atoms with E-state index in [1.807, 2.05) is 30.3 Å². The predicted octanol–water partition coefficient (Wildman–Crippen LogP) is 6.29. The van der Waals surface area contributed by atoms with Gasteiger partial charge in [0.2, 0.25) is 5.91 Å². The second kappa shape index (κ2) is 12.2. The summed E-state index contributed by atoms with van der Waals surface area (Å²) >= 11 is 3.45. The van der Waals surface area contributed by atoms with Crippen LogP contribution in [0.5, 0.6) is 0 Å². The standard InChI is InChI=1S/C28H35BrN2O/c1-3-19-31(2,27-10-5-4-6-11-27)20-18-23-12-14-25(15-13-23)22-30-28(32)17-16-24-8-7-9-26(29)21-24/h3,7-9,12-17,21,27H,1,4-6,10-11,18-20,22H2,2H3/p+1. The van der Waals surface area contributed by atoms with Crippen molar-refractivity contribution in [3.05, 3.63) is 88.4 Å². The van der Waals surface area contributed by atoms with E-state index in [4.69, 9.17) is 0 Å². The van der Waals surface area contributed by atoms with Gasteiger partial charge in [0.25, 0.3) is 0 Å². The monoisotopic (exact) mass is 495 g/mol. The fourth-order valence-electron chi connectivity index (χ4n) is 4.66. The van der Waals surface area contributed by atoms with Crippen LogP contribution in [0.3, 0.4) is 0 Å². The number of quaternary nitrogens is 1. The van der Waals surface area contributed by atoms with Crippen molar-refractivity contribution in [2.75, 3.05) is 20.1 Å². The second-order valence-corrected chi connectivity index (χ2v) is 10.1. The van der Waals surface area contributed by atoms with Crippen molar-refractivity contribution in [3.8, 4) is 0 Å². The molecule has 1 unspecified atom stereocenters. The lowest BCUT2D eigenvalue weighted by molar-refractivity contribution is -0.929. The Balaban J connectivity index is 1.48. The van der Waals surface area contributed by atoms with E-state index < -0.39 is 0 Å². The van der Waals surface area contributed by atoms with Gasteiger partial charge in [0.05, 0.1) is 26.2 Å². The molecule has 1 aliphatic carbocycles. The lowest BCUT2D eigenvalue weighted by Gasteiger charge is -2.43. The van der Waals surface area contributed by atoms with Gasteiger partial charge in [0, 0.05) is 23.5 Å². The molecule has 0 aromatic heterocycles. The Morgan fingerprint density at radius 1 is 1.12 bits per heavy atom. The van der Waals surface area contributed by atoms with Crippen LogP contribution in [-0.4, -0.2) is 36.6 Å². The Kier molecular flexibility index (Phi) is 9.31. The second-order valence-electron chi connectivity index (χ2n) is 9.14. The zero-order chi connectivity index (χ0) is 22.8. The summed E-state index contributed by atoms with van der Waals surface area (Å²) in [7, 11) is 2.41. The summed E-state index contributed by atoms with van der Waals surface area (Å²) in [6.07, 6.45) is 13.4. The van der Waals surface area contributed by atoms with Crippen molar-refractivity contribution in [3.63, 3.8) is 0 Å². The summed E-state index contributed by atoms with van der Waals surface area (Å²) in [5.41, 5.74) is 3.47. The normalized spacial score (nSPS) is 16.6. The highest BCUT2D eigenvalue weighted by molar-refractivity contribution is 9.10. The van der Waals surface area contributed by atoms with E-state index in [0.29, 0.717) is 6.54 Å². The molecule has 0 aliphatic heterocycles. The molecule has 1 amide bonds. The van der Waals surface area contributed by atoms with E-state index in [2.05, 4.69) is 65.2 Å². The van der Waals surface area contributed by atoms with Crippen LogP contribution in [0.2, 0.25) is 0 Å². The lowest BCUT2D eigenvalue weighted by atomic mass is 9.92. The maximum absolute atomic E-state index is 12.1. The zero-order valence-electron chi connectivity index (χ0n) is 19.2. The molecule has 3 nitrogen and oxygen atoms in total. The quantitative estimate of drug-likeness (QED) is 0.234. The minimum atomic E-state index is -0.0842. The average Bonchev–Trinajstić information content (AvgIpc) is 2.81. The van der Waals surface area contributed by atoms with Gasteiger partial charge >= 0.3 is 0 Å². The number of benzene rings is 2. The average molecular weight is 497 g/mol. The molecule has 1 fully saturated rings. The summed E-state index contributed by atoms with van der Waals surface area (Å²) < 4.78 is 2.11. The van der Waals surface area contributed by atoms with E-state index >= 15 is 0 Å². The van der Waals surface area contributed by atoms with Gasteiger partial charge in [0.15, 0.2) is 0 Å². The Morgan fingerprint density at radius 2 is 1.84 bits per heavy atom. The number of rotatable bonds is 10. The molecule has 1 aliphatic rings. The fourth-order valence-corrected chi connectivity index (χ4v) is 5.08. The molecule has 1 N–H and O–H groups in total. The van der Waals surface area contributed by atoms with Crippen molar-refractivity contribution in [2.24, 2.45) is 0 Å². The topological polar surface area (TPSA) is 29.1 Å². The van der Waals surface area contributed by atoms with Gasteiger partial charge in [-0.05, 0) is 66.7 Å². The van der Waals surface area contributed by atoms with E-state index in [0.717, 1.165) is 45.6 Å². The number of nitrogens with zero attached hydrogens (tertiary/aromatic N) is 1. The molecule has 32 heavy (non-hydrogen) atoms. The third-order valence-corrected chi connectivity index (χ3v) is 7.17. The molecule has 1 atom stereocenters. The van der Waals surface area contributed by atoms with Crippen LogP contribution in [0.1, 0.15) is 48.8 Å². The zero-order valence-corrected chi connectivity index (χ0v) is 20.8. The Morgan fingerprint density at radius 3 is 2.53 bits per heavy atom. The molecule has 0 radical (unpaired) electrons. The van der Waals surface area contributed by atoms with Gasteiger partial charge in [-0.2, -0.15) is 0 Å². The van der Waals surface area contributed by atoms with Crippen molar-refractivity contribution >= 4 is 27.9 Å². The summed E-state index contributed by atoms with van der Waals surface area (Å²) in [5, 5.41) is 2.97. The Labute approximate surface area is 201 Å². The Bertz CT molecular complexity index is 915. The molecular weight excluding hydrogens is 460 g/mol. The van der Waals surface area contributed by atoms with Gasteiger partial charge in [0.1, 0.15) is 0 Å². The molecule has 2 aromatic carbocycles. The lowest BCUT2D eigenvalue weighted by Crippen LogP contribution is -2.54.